The van der Waals surface area contributed by atoms with Gasteiger partial charge in [-0.1, -0.05) is 24.3 Å². The van der Waals surface area contributed by atoms with Crippen LogP contribution >= 0.6 is 0 Å². The van der Waals surface area contributed by atoms with Crippen molar-refractivity contribution in [2.24, 2.45) is 0 Å². The van der Waals surface area contributed by atoms with Crippen molar-refractivity contribution < 1.29 is 4.74 Å². The molecular weight excluding hydrogens is 212 g/mol. The zero-order valence-corrected chi connectivity index (χ0v) is 10.1. The molecular formula is C14H16N2O. The van der Waals surface area contributed by atoms with Crippen molar-refractivity contribution in [1.82, 2.24) is 10.3 Å². The van der Waals surface area contributed by atoms with E-state index in [1.54, 1.807) is 13.3 Å². The van der Waals surface area contributed by atoms with Gasteiger partial charge in [-0.3, -0.25) is 4.98 Å². The molecule has 0 aliphatic carbocycles. The maximum Gasteiger partial charge on any atom is 0.137 e. The summed E-state index contributed by atoms with van der Waals surface area (Å²) in [6, 6.07) is 10.4. The largest absolute Gasteiger partial charge is 0.495 e. The van der Waals surface area contributed by atoms with E-state index in [0.717, 1.165) is 23.4 Å². The molecule has 0 fully saturated rings. The molecule has 0 spiro atoms. The summed E-state index contributed by atoms with van der Waals surface area (Å²) in [7, 11) is 3.59. The monoisotopic (exact) mass is 228 g/mol. The Hall–Kier alpha value is -1.87. The molecule has 0 radical (unpaired) electrons. The van der Waals surface area contributed by atoms with Crippen molar-refractivity contribution >= 4 is 0 Å². The zero-order valence-electron chi connectivity index (χ0n) is 10.1. The van der Waals surface area contributed by atoms with Gasteiger partial charge in [0.1, 0.15) is 5.75 Å². The summed E-state index contributed by atoms with van der Waals surface area (Å²) in [4.78, 5) is 4.15. The maximum absolute atomic E-state index is 5.17. The molecule has 3 heteroatoms. The SMILES string of the molecule is CNCc1ccc(-c2cncc(OC)c2)cc1. The van der Waals surface area contributed by atoms with Gasteiger partial charge in [0.25, 0.3) is 0 Å². The molecule has 3 nitrogen and oxygen atoms in total. The van der Waals surface area contributed by atoms with Gasteiger partial charge >= 0.3 is 0 Å². The first-order valence-electron chi connectivity index (χ1n) is 5.56. The predicted octanol–water partition coefficient (Wildman–Crippen LogP) is 2.48. The molecule has 0 atom stereocenters. The summed E-state index contributed by atoms with van der Waals surface area (Å²) >= 11 is 0. The lowest BCUT2D eigenvalue weighted by molar-refractivity contribution is 0.413. The minimum atomic E-state index is 0.779. The Balaban J connectivity index is 2.26. The Labute approximate surface area is 101 Å². The van der Waals surface area contributed by atoms with Gasteiger partial charge in [0, 0.05) is 18.3 Å². The Morgan fingerprint density at radius 1 is 1.12 bits per heavy atom. The Morgan fingerprint density at radius 3 is 2.53 bits per heavy atom. The first kappa shape index (κ1) is 11.6. The zero-order chi connectivity index (χ0) is 12.1. The first-order chi connectivity index (χ1) is 8.33. The van der Waals surface area contributed by atoms with Gasteiger partial charge < -0.3 is 10.1 Å². The molecule has 2 rings (SSSR count). The second-order valence-electron chi connectivity index (χ2n) is 3.84. The third-order valence-electron chi connectivity index (χ3n) is 2.62. The van der Waals surface area contributed by atoms with Crippen LogP contribution < -0.4 is 10.1 Å². The summed E-state index contributed by atoms with van der Waals surface area (Å²) in [6.45, 7) is 0.886. The summed E-state index contributed by atoms with van der Waals surface area (Å²) in [6.07, 6.45) is 3.55. The van der Waals surface area contributed by atoms with E-state index in [1.165, 1.54) is 5.56 Å². The van der Waals surface area contributed by atoms with Crippen LogP contribution in [-0.2, 0) is 6.54 Å². The Kier molecular flexibility index (Phi) is 3.73. The third kappa shape index (κ3) is 2.82. The van der Waals surface area contributed by atoms with Crippen molar-refractivity contribution in [2.45, 2.75) is 6.54 Å². The Morgan fingerprint density at radius 2 is 1.88 bits per heavy atom. The predicted molar refractivity (Wildman–Crippen MR) is 69.0 cm³/mol. The van der Waals surface area contributed by atoms with Crippen molar-refractivity contribution in [2.75, 3.05) is 14.2 Å². The van der Waals surface area contributed by atoms with Gasteiger partial charge in [0.2, 0.25) is 0 Å². The van der Waals surface area contributed by atoms with Crippen LogP contribution in [-0.4, -0.2) is 19.1 Å². The standard InChI is InChI=1S/C14H16N2O/c1-15-8-11-3-5-12(6-4-11)13-7-14(17-2)10-16-9-13/h3-7,9-10,15H,8H2,1-2H3. The van der Waals surface area contributed by atoms with Gasteiger partial charge in [0.15, 0.2) is 0 Å². The van der Waals surface area contributed by atoms with E-state index < -0.39 is 0 Å². The van der Waals surface area contributed by atoms with Crippen LogP contribution in [0.2, 0.25) is 0 Å². The molecule has 2 aromatic rings. The van der Waals surface area contributed by atoms with Crippen LogP contribution in [0.5, 0.6) is 5.75 Å². The fourth-order valence-electron chi connectivity index (χ4n) is 1.71. The molecule has 17 heavy (non-hydrogen) atoms. The highest BCUT2D eigenvalue weighted by Crippen LogP contribution is 2.22. The highest BCUT2D eigenvalue weighted by Gasteiger charge is 2.00. The number of methoxy groups -OCH3 is 1. The third-order valence-corrected chi connectivity index (χ3v) is 2.62. The number of benzene rings is 1. The molecule has 0 bridgehead atoms. The Bertz CT molecular complexity index is 480. The second kappa shape index (κ2) is 5.46. The van der Waals surface area contributed by atoms with E-state index in [-0.39, 0.29) is 0 Å². The van der Waals surface area contributed by atoms with E-state index >= 15 is 0 Å². The number of nitrogens with zero attached hydrogens (tertiary/aromatic N) is 1. The molecule has 1 aromatic carbocycles. The number of rotatable bonds is 4. The number of nitrogens with one attached hydrogen (secondary N) is 1. The normalized spacial score (nSPS) is 10.2. The van der Waals surface area contributed by atoms with E-state index in [2.05, 4.69) is 34.6 Å². The van der Waals surface area contributed by atoms with Crippen molar-refractivity contribution in [1.29, 1.82) is 0 Å². The average Bonchev–Trinajstić information content (AvgIpc) is 2.40. The van der Waals surface area contributed by atoms with E-state index in [4.69, 9.17) is 4.74 Å². The lowest BCUT2D eigenvalue weighted by Crippen LogP contribution is -2.04. The molecule has 0 saturated heterocycles. The van der Waals surface area contributed by atoms with Gasteiger partial charge in [-0.05, 0) is 24.2 Å². The van der Waals surface area contributed by atoms with Crippen LogP contribution in [0.1, 0.15) is 5.56 Å². The summed E-state index contributed by atoms with van der Waals surface area (Å²) in [5.74, 6) is 0.779. The van der Waals surface area contributed by atoms with Crippen molar-refractivity contribution in [3.63, 3.8) is 0 Å². The first-order valence-corrected chi connectivity index (χ1v) is 5.56. The molecule has 0 amide bonds. The molecule has 1 aromatic heterocycles. The number of pyridine rings is 1. The van der Waals surface area contributed by atoms with Gasteiger partial charge in [-0.15, -0.1) is 0 Å². The average molecular weight is 228 g/mol. The van der Waals surface area contributed by atoms with Gasteiger partial charge in [-0.2, -0.15) is 0 Å². The van der Waals surface area contributed by atoms with Crippen molar-refractivity contribution in [3.05, 3.63) is 48.3 Å². The number of ether oxygens (including phenoxy) is 1. The maximum atomic E-state index is 5.17. The summed E-state index contributed by atoms with van der Waals surface area (Å²) < 4.78 is 5.17. The van der Waals surface area contributed by atoms with Crippen LogP contribution in [0, 0.1) is 0 Å². The lowest BCUT2D eigenvalue weighted by Gasteiger charge is -2.05. The topological polar surface area (TPSA) is 34.2 Å². The fourth-order valence-corrected chi connectivity index (χ4v) is 1.71. The fraction of sp³-hybridized carbons (Fsp3) is 0.214. The molecule has 1 heterocycles. The molecule has 0 aliphatic heterocycles. The quantitative estimate of drug-likeness (QED) is 0.873. The van der Waals surface area contributed by atoms with E-state index in [9.17, 15) is 0 Å². The summed E-state index contributed by atoms with van der Waals surface area (Å²) in [5.41, 5.74) is 3.49. The van der Waals surface area contributed by atoms with Gasteiger partial charge in [0.05, 0.1) is 13.3 Å². The van der Waals surface area contributed by atoms with Crippen molar-refractivity contribution in [3.8, 4) is 16.9 Å². The van der Waals surface area contributed by atoms with E-state index in [0.29, 0.717) is 0 Å². The number of hydrogen-bond donors (Lipinski definition) is 1. The number of hydrogen-bond acceptors (Lipinski definition) is 3. The molecule has 0 unspecified atom stereocenters. The van der Waals surface area contributed by atoms with Crippen LogP contribution in [0.15, 0.2) is 42.7 Å². The van der Waals surface area contributed by atoms with Gasteiger partial charge in [-0.25, -0.2) is 0 Å². The van der Waals surface area contributed by atoms with E-state index in [1.807, 2.05) is 19.3 Å². The lowest BCUT2D eigenvalue weighted by atomic mass is 10.1. The second-order valence-corrected chi connectivity index (χ2v) is 3.84. The molecule has 0 aliphatic rings. The minimum absolute atomic E-state index is 0.779. The molecule has 1 N–H and O–H groups in total. The summed E-state index contributed by atoms with van der Waals surface area (Å²) in [5, 5.41) is 3.13. The smallest absolute Gasteiger partial charge is 0.137 e. The van der Waals surface area contributed by atoms with Crippen LogP contribution in [0.3, 0.4) is 0 Å². The highest BCUT2D eigenvalue weighted by molar-refractivity contribution is 5.64. The number of aromatic nitrogens is 1. The molecule has 0 saturated carbocycles. The highest BCUT2D eigenvalue weighted by atomic mass is 16.5. The minimum Gasteiger partial charge on any atom is -0.495 e. The van der Waals surface area contributed by atoms with Crippen LogP contribution in [0.25, 0.3) is 11.1 Å². The van der Waals surface area contributed by atoms with Crippen LogP contribution in [0.4, 0.5) is 0 Å². The molecule has 88 valence electrons.